The van der Waals surface area contributed by atoms with E-state index in [2.05, 4.69) is 5.32 Å². The predicted octanol–water partition coefficient (Wildman–Crippen LogP) is 0.186. The smallest absolute Gasteiger partial charge is 0.317 e. The van der Waals surface area contributed by atoms with Crippen molar-refractivity contribution in [1.82, 2.24) is 10.2 Å². The lowest BCUT2D eigenvalue weighted by molar-refractivity contribution is 0.195. The van der Waals surface area contributed by atoms with E-state index in [0.29, 0.717) is 38.4 Å². The van der Waals surface area contributed by atoms with Crippen molar-refractivity contribution in [2.24, 2.45) is 5.14 Å². The molecule has 1 aromatic rings. The molecule has 2 amide bonds. The molecule has 0 saturated carbocycles. The molecule has 0 aromatic heterocycles. The first-order valence-corrected chi connectivity index (χ1v) is 8.37. The molecular formula is C13H20N4O3S. The van der Waals surface area contributed by atoms with Crippen molar-refractivity contribution in [3.63, 3.8) is 0 Å². The first-order chi connectivity index (χ1) is 9.93. The number of para-hydroxylation sites is 1. The normalized spacial score (nSPS) is 15.9. The number of rotatable bonds is 3. The van der Waals surface area contributed by atoms with Gasteiger partial charge >= 0.3 is 6.03 Å². The summed E-state index contributed by atoms with van der Waals surface area (Å²) in [6.07, 6.45) is 0. The number of nitrogens with one attached hydrogen (secondary N) is 1. The highest BCUT2D eigenvalue weighted by molar-refractivity contribution is 7.89. The van der Waals surface area contributed by atoms with Crippen molar-refractivity contribution in [2.75, 3.05) is 37.6 Å². The van der Waals surface area contributed by atoms with E-state index in [-0.39, 0.29) is 10.9 Å². The fourth-order valence-electron chi connectivity index (χ4n) is 2.37. The number of hydrogen-bond acceptors (Lipinski definition) is 4. The Kier molecular flexibility index (Phi) is 4.69. The highest BCUT2D eigenvalue weighted by atomic mass is 32.2. The summed E-state index contributed by atoms with van der Waals surface area (Å²) in [5.41, 5.74) is 0.593. The minimum Gasteiger partial charge on any atom is -0.367 e. The van der Waals surface area contributed by atoms with Gasteiger partial charge in [-0.2, -0.15) is 0 Å². The van der Waals surface area contributed by atoms with Crippen LogP contribution in [0.5, 0.6) is 0 Å². The summed E-state index contributed by atoms with van der Waals surface area (Å²) in [7, 11) is -3.76. The van der Waals surface area contributed by atoms with E-state index in [1.165, 1.54) is 6.07 Å². The second kappa shape index (κ2) is 6.31. The van der Waals surface area contributed by atoms with Gasteiger partial charge in [-0.3, -0.25) is 0 Å². The standard InChI is InChI=1S/C13H20N4O3S/c1-2-15-13(18)17-9-7-16(8-10-17)11-5-3-4-6-12(11)21(14,19)20/h3-6H,2,7-10H2,1H3,(H,15,18)(H2,14,19,20). The molecule has 0 bridgehead atoms. The molecule has 0 unspecified atom stereocenters. The molecule has 0 spiro atoms. The van der Waals surface area contributed by atoms with Crippen LogP contribution in [0.3, 0.4) is 0 Å². The van der Waals surface area contributed by atoms with Crippen LogP contribution in [0.2, 0.25) is 0 Å². The van der Waals surface area contributed by atoms with Gasteiger partial charge in [0.05, 0.1) is 5.69 Å². The lowest BCUT2D eigenvalue weighted by atomic mass is 10.2. The fourth-order valence-corrected chi connectivity index (χ4v) is 3.13. The van der Waals surface area contributed by atoms with E-state index in [1.807, 2.05) is 11.8 Å². The summed E-state index contributed by atoms with van der Waals surface area (Å²) >= 11 is 0. The van der Waals surface area contributed by atoms with Crippen LogP contribution in [-0.4, -0.2) is 52.1 Å². The number of urea groups is 1. The minimum absolute atomic E-state index is 0.0862. The Morgan fingerprint density at radius 2 is 1.86 bits per heavy atom. The second-order valence-corrected chi connectivity index (χ2v) is 6.35. The monoisotopic (exact) mass is 312 g/mol. The van der Waals surface area contributed by atoms with Gasteiger partial charge in [-0.05, 0) is 19.1 Å². The molecule has 3 N–H and O–H groups in total. The third-order valence-corrected chi connectivity index (χ3v) is 4.37. The molecule has 1 aliphatic heterocycles. The highest BCUT2D eigenvalue weighted by Crippen LogP contribution is 2.24. The Morgan fingerprint density at radius 1 is 1.24 bits per heavy atom. The van der Waals surface area contributed by atoms with E-state index in [9.17, 15) is 13.2 Å². The number of carbonyl (C=O) groups excluding carboxylic acids is 1. The zero-order chi connectivity index (χ0) is 15.5. The SMILES string of the molecule is CCNC(=O)N1CCN(c2ccccc2S(N)(=O)=O)CC1. The van der Waals surface area contributed by atoms with Gasteiger partial charge < -0.3 is 15.1 Å². The molecule has 0 radical (unpaired) electrons. The van der Waals surface area contributed by atoms with E-state index >= 15 is 0 Å². The molecule has 8 heteroatoms. The van der Waals surface area contributed by atoms with Crippen molar-refractivity contribution >= 4 is 21.7 Å². The van der Waals surface area contributed by atoms with Gasteiger partial charge in [0.25, 0.3) is 0 Å². The van der Waals surface area contributed by atoms with Gasteiger partial charge in [0, 0.05) is 32.7 Å². The minimum atomic E-state index is -3.76. The topological polar surface area (TPSA) is 95.7 Å². The van der Waals surface area contributed by atoms with Gasteiger partial charge in [-0.1, -0.05) is 12.1 Å². The summed E-state index contributed by atoms with van der Waals surface area (Å²) in [5.74, 6) is 0. The largest absolute Gasteiger partial charge is 0.367 e. The van der Waals surface area contributed by atoms with Crippen LogP contribution >= 0.6 is 0 Å². The second-order valence-electron chi connectivity index (χ2n) is 4.82. The van der Waals surface area contributed by atoms with E-state index in [0.717, 1.165) is 0 Å². The van der Waals surface area contributed by atoms with Crippen LogP contribution in [0.25, 0.3) is 0 Å². The zero-order valence-electron chi connectivity index (χ0n) is 11.9. The van der Waals surface area contributed by atoms with Crippen LogP contribution in [0, 0.1) is 0 Å². The summed E-state index contributed by atoms with van der Waals surface area (Å²) in [6.45, 7) is 4.70. The van der Waals surface area contributed by atoms with Crippen LogP contribution in [0.15, 0.2) is 29.2 Å². The van der Waals surface area contributed by atoms with Crippen molar-refractivity contribution in [2.45, 2.75) is 11.8 Å². The summed E-state index contributed by atoms with van der Waals surface area (Å²) in [4.78, 5) is 15.5. The third-order valence-electron chi connectivity index (χ3n) is 3.41. The first-order valence-electron chi connectivity index (χ1n) is 6.83. The molecule has 1 fully saturated rings. The lowest BCUT2D eigenvalue weighted by Crippen LogP contribution is -2.52. The molecular weight excluding hydrogens is 292 g/mol. The van der Waals surface area contributed by atoms with Crippen molar-refractivity contribution in [3.05, 3.63) is 24.3 Å². The molecule has 1 heterocycles. The number of sulfonamides is 1. The summed E-state index contributed by atoms with van der Waals surface area (Å²) in [6, 6.07) is 6.58. The Bertz CT molecular complexity index is 610. The maximum Gasteiger partial charge on any atom is 0.317 e. The fraction of sp³-hybridized carbons (Fsp3) is 0.462. The van der Waals surface area contributed by atoms with Gasteiger partial charge in [0.15, 0.2) is 0 Å². The van der Waals surface area contributed by atoms with Crippen LogP contribution in [-0.2, 0) is 10.0 Å². The van der Waals surface area contributed by atoms with Crippen molar-refractivity contribution < 1.29 is 13.2 Å². The number of hydrogen-bond donors (Lipinski definition) is 2. The van der Waals surface area contributed by atoms with Crippen LogP contribution < -0.4 is 15.4 Å². The third kappa shape index (κ3) is 3.64. The summed E-state index contributed by atoms with van der Waals surface area (Å²) in [5, 5.41) is 8.01. The van der Waals surface area contributed by atoms with E-state index in [1.54, 1.807) is 23.1 Å². The number of primary sulfonamides is 1. The average Bonchev–Trinajstić information content (AvgIpc) is 2.47. The Labute approximate surface area is 124 Å². The maximum absolute atomic E-state index is 11.7. The first kappa shape index (κ1) is 15.6. The number of piperazine rings is 1. The molecule has 7 nitrogen and oxygen atoms in total. The molecule has 1 aromatic carbocycles. The maximum atomic E-state index is 11.7. The van der Waals surface area contributed by atoms with Crippen LogP contribution in [0.1, 0.15) is 6.92 Å². The van der Waals surface area contributed by atoms with E-state index in [4.69, 9.17) is 5.14 Å². The van der Waals surface area contributed by atoms with E-state index < -0.39 is 10.0 Å². The number of carbonyl (C=O) groups is 1. The molecule has 1 aliphatic rings. The van der Waals surface area contributed by atoms with Crippen molar-refractivity contribution in [3.8, 4) is 0 Å². The van der Waals surface area contributed by atoms with Crippen molar-refractivity contribution in [1.29, 1.82) is 0 Å². The molecule has 0 atom stereocenters. The number of amides is 2. The Balaban J connectivity index is 2.12. The quantitative estimate of drug-likeness (QED) is 0.832. The molecule has 2 rings (SSSR count). The summed E-state index contributed by atoms with van der Waals surface area (Å²) < 4.78 is 23.3. The zero-order valence-corrected chi connectivity index (χ0v) is 12.8. The Morgan fingerprint density at radius 3 is 2.43 bits per heavy atom. The predicted molar refractivity (Wildman–Crippen MR) is 80.7 cm³/mol. The highest BCUT2D eigenvalue weighted by Gasteiger charge is 2.24. The molecule has 21 heavy (non-hydrogen) atoms. The van der Waals surface area contributed by atoms with Gasteiger partial charge in [0.1, 0.15) is 4.90 Å². The molecule has 1 saturated heterocycles. The lowest BCUT2D eigenvalue weighted by Gasteiger charge is -2.36. The molecule has 0 aliphatic carbocycles. The van der Waals surface area contributed by atoms with Gasteiger partial charge in [0.2, 0.25) is 10.0 Å². The number of benzene rings is 1. The van der Waals surface area contributed by atoms with Gasteiger partial charge in [-0.15, -0.1) is 0 Å². The number of anilines is 1. The molecule has 116 valence electrons. The van der Waals surface area contributed by atoms with Crippen LogP contribution in [0.4, 0.5) is 10.5 Å². The number of nitrogens with two attached hydrogens (primary N) is 1. The number of nitrogens with zero attached hydrogens (tertiary/aromatic N) is 2. The Hall–Kier alpha value is -1.80. The van der Waals surface area contributed by atoms with Gasteiger partial charge in [-0.25, -0.2) is 18.4 Å². The average molecular weight is 312 g/mol.